The number of allylic oxidation sites excluding steroid dienone is 1. The lowest BCUT2D eigenvalue weighted by Crippen LogP contribution is -1.99. The van der Waals surface area contributed by atoms with E-state index < -0.39 is 5.97 Å². The molecule has 0 saturated heterocycles. The second kappa shape index (κ2) is 3.54. The Morgan fingerprint density at radius 1 is 1.40 bits per heavy atom. The van der Waals surface area contributed by atoms with Crippen LogP contribution in [0, 0.1) is 6.92 Å². The van der Waals surface area contributed by atoms with E-state index in [4.69, 9.17) is 28.3 Å². The van der Waals surface area contributed by atoms with E-state index in [0.29, 0.717) is 22.0 Å². The Balaban J connectivity index is 2.69. The SMILES string of the molecule is Cc1cc2c(c(Cl)c1Cl)C(C(=O)O)=CC2. The van der Waals surface area contributed by atoms with Gasteiger partial charge in [-0.15, -0.1) is 0 Å². The second-order valence-corrected chi connectivity index (χ2v) is 4.24. The molecule has 1 aliphatic carbocycles. The summed E-state index contributed by atoms with van der Waals surface area (Å²) in [5.41, 5.74) is 2.62. The topological polar surface area (TPSA) is 37.3 Å². The first-order valence-corrected chi connectivity index (χ1v) is 5.19. The minimum atomic E-state index is -0.962. The van der Waals surface area contributed by atoms with Crippen LogP contribution >= 0.6 is 23.2 Å². The van der Waals surface area contributed by atoms with Gasteiger partial charge in [-0.2, -0.15) is 0 Å². The zero-order valence-electron chi connectivity index (χ0n) is 7.97. The number of hydrogen-bond acceptors (Lipinski definition) is 1. The van der Waals surface area contributed by atoms with Gasteiger partial charge >= 0.3 is 5.97 Å². The molecule has 2 nitrogen and oxygen atoms in total. The minimum Gasteiger partial charge on any atom is -0.478 e. The van der Waals surface area contributed by atoms with Crippen molar-refractivity contribution >= 4 is 34.7 Å². The molecule has 0 heterocycles. The van der Waals surface area contributed by atoms with E-state index in [2.05, 4.69) is 0 Å². The number of rotatable bonds is 1. The van der Waals surface area contributed by atoms with E-state index in [1.54, 1.807) is 6.08 Å². The number of carbonyl (C=O) groups is 1. The van der Waals surface area contributed by atoms with Crippen molar-refractivity contribution in [3.63, 3.8) is 0 Å². The van der Waals surface area contributed by atoms with Crippen LogP contribution in [0.4, 0.5) is 0 Å². The van der Waals surface area contributed by atoms with Gasteiger partial charge in [0.25, 0.3) is 0 Å². The predicted molar refractivity (Wildman–Crippen MR) is 60.5 cm³/mol. The number of aryl methyl sites for hydroxylation is 1. The van der Waals surface area contributed by atoms with Gasteiger partial charge in [-0.25, -0.2) is 4.79 Å². The number of halogens is 2. The average molecular weight is 243 g/mol. The molecule has 0 radical (unpaired) electrons. The van der Waals surface area contributed by atoms with Gasteiger partial charge in [0, 0.05) is 5.56 Å². The predicted octanol–water partition coefficient (Wildman–Crippen LogP) is 3.33. The molecule has 78 valence electrons. The minimum absolute atomic E-state index is 0.247. The summed E-state index contributed by atoms with van der Waals surface area (Å²) in [7, 11) is 0. The van der Waals surface area contributed by atoms with Crippen LogP contribution in [-0.2, 0) is 11.2 Å². The Morgan fingerprint density at radius 3 is 2.67 bits per heavy atom. The zero-order chi connectivity index (χ0) is 11.2. The molecule has 15 heavy (non-hydrogen) atoms. The lowest BCUT2D eigenvalue weighted by molar-refractivity contribution is -0.130. The number of carboxylic acids is 1. The van der Waals surface area contributed by atoms with Gasteiger partial charge in [-0.3, -0.25) is 0 Å². The lowest BCUT2D eigenvalue weighted by Gasteiger charge is -2.09. The summed E-state index contributed by atoms with van der Waals surface area (Å²) in [6.07, 6.45) is 2.27. The molecule has 0 saturated carbocycles. The van der Waals surface area contributed by atoms with E-state index in [0.717, 1.165) is 11.1 Å². The molecule has 1 aromatic carbocycles. The van der Waals surface area contributed by atoms with Gasteiger partial charge in [-0.05, 0) is 24.5 Å². The Hall–Kier alpha value is -0.990. The third kappa shape index (κ3) is 1.54. The van der Waals surface area contributed by atoms with Gasteiger partial charge in [0.05, 0.1) is 15.6 Å². The first-order valence-electron chi connectivity index (χ1n) is 4.43. The second-order valence-electron chi connectivity index (χ2n) is 3.48. The fraction of sp³-hybridized carbons (Fsp3) is 0.182. The van der Waals surface area contributed by atoms with Gasteiger partial charge in [0.1, 0.15) is 0 Å². The monoisotopic (exact) mass is 242 g/mol. The average Bonchev–Trinajstić information content (AvgIpc) is 2.58. The van der Waals surface area contributed by atoms with Crippen LogP contribution in [0.5, 0.6) is 0 Å². The van der Waals surface area contributed by atoms with Gasteiger partial charge < -0.3 is 5.11 Å². The van der Waals surface area contributed by atoms with E-state index >= 15 is 0 Å². The highest BCUT2D eigenvalue weighted by molar-refractivity contribution is 6.44. The summed E-state index contributed by atoms with van der Waals surface area (Å²) in [6, 6.07) is 1.88. The van der Waals surface area contributed by atoms with Crippen LogP contribution < -0.4 is 0 Å². The maximum absolute atomic E-state index is 10.9. The smallest absolute Gasteiger partial charge is 0.336 e. The molecule has 1 N–H and O–H groups in total. The molecule has 0 amide bonds. The molecule has 0 unspecified atom stereocenters. The third-order valence-corrected chi connectivity index (χ3v) is 3.46. The number of fused-ring (bicyclic) bond motifs is 1. The largest absolute Gasteiger partial charge is 0.478 e. The summed E-state index contributed by atoms with van der Waals surface area (Å²) >= 11 is 12.0. The van der Waals surface area contributed by atoms with Crippen LogP contribution in [-0.4, -0.2) is 11.1 Å². The van der Waals surface area contributed by atoms with Crippen molar-refractivity contribution in [3.05, 3.63) is 38.9 Å². The summed E-state index contributed by atoms with van der Waals surface area (Å²) < 4.78 is 0. The lowest BCUT2D eigenvalue weighted by atomic mass is 10.0. The standard InChI is InChI=1S/C11H8Cl2O2/c1-5-4-6-2-3-7(11(14)15)8(6)10(13)9(5)12/h3-4H,2H2,1H3,(H,14,15). The number of benzene rings is 1. The van der Waals surface area contributed by atoms with Crippen LogP contribution in [0.25, 0.3) is 5.57 Å². The summed E-state index contributed by atoms with van der Waals surface area (Å²) in [4.78, 5) is 10.9. The van der Waals surface area contributed by atoms with Crippen molar-refractivity contribution in [1.29, 1.82) is 0 Å². The molecule has 0 aromatic heterocycles. The highest BCUT2D eigenvalue weighted by atomic mass is 35.5. The highest BCUT2D eigenvalue weighted by Gasteiger charge is 2.24. The van der Waals surface area contributed by atoms with Gasteiger partial charge in [-0.1, -0.05) is 35.3 Å². The van der Waals surface area contributed by atoms with Crippen molar-refractivity contribution in [3.8, 4) is 0 Å². The quantitative estimate of drug-likeness (QED) is 0.821. The van der Waals surface area contributed by atoms with Crippen LogP contribution in [0.2, 0.25) is 10.0 Å². The van der Waals surface area contributed by atoms with Crippen LogP contribution in [0.15, 0.2) is 12.1 Å². The molecule has 0 fully saturated rings. The molecule has 1 aliphatic rings. The molecule has 0 atom stereocenters. The highest BCUT2D eigenvalue weighted by Crippen LogP contribution is 2.39. The van der Waals surface area contributed by atoms with Crippen molar-refractivity contribution < 1.29 is 9.90 Å². The first-order chi connectivity index (χ1) is 7.02. The Kier molecular flexibility index (Phi) is 2.49. The van der Waals surface area contributed by atoms with Crippen molar-refractivity contribution in [2.75, 3.05) is 0 Å². The number of carboxylic acid groups (broad SMARTS) is 1. The van der Waals surface area contributed by atoms with E-state index in [1.165, 1.54) is 0 Å². The van der Waals surface area contributed by atoms with Crippen molar-refractivity contribution in [2.45, 2.75) is 13.3 Å². The third-order valence-electron chi connectivity index (χ3n) is 2.50. The van der Waals surface area contributed by atoms with Gasteiger partial charge in [0.15, 0.2) is 0 Å². The Morgan fingerprint density at radius 2 is 2.07 bits per heavy atom. The van der Waals surface area contributed by atoms with Crippen molar-refractivity contribution in [2.24, 2.45) is 0 Å². The van der Waals surface area contributed by atoms with E-state index in [-0.39, 0.29) is 5.57 Å². The molecule has 1 aromatic rings. The zero-order valence-corrected chi connectivity index (χ0v) is 9.49. The molecular weight excluding hydrogens is 235 g/mol. The van der Waals surface area contributed by atoms with E-state index in [1.807, 2.05) is 13.0 Å². The molecular formula is C11H8Cl2O2. The Labute approximate surface area is 97.1 Å². The maximum Gasteiger partial charge on any atom is 0.336 e. The summed E-state index contributed by atoms with van der Waals surface area (Å²) in [5.74, 6) is -0.962. The molecule has 2 rings (SSSR count). The summed E-state index contributed by atoms with van der Waals surface area (Å²) in [5, 5.41) is 9.75. The molecule has 4 heteroatoms. The molecule has 0 aliphatic heterocycles. The first kappa shape index (κ1) is 10.5. The van der Waals surface area contributed by atoms with Crippen LogP contribution in [0.3, 0.4) is 0 Å². The molecule has 0 bridgehead atoms. The maximum atomic E-state index is 10.9. The summed E-state index contributed by atoms with van der Waals surface area (Å²) in [6.45, 7) is 1.85. The van der Waals surface area contributed by atoms with Crippen LogP contribution in [0.1, 0.15) is 16.7 Å². The molecule has 0 spiro atoms. The number of hydrogen-bond donors (Lipinski definition) is 1. The number of aliphatic carboxylic acids is 1. The Bertz CT molecular complexity index is 490. The normalized spacial score (nSPS) is 13.7. The van der Waals surface area contributed by atoms with Crippen molar-refractivity contribution in [1.82, 2.24) is 0 Å². The fourth-order valence-electron chi connectivity index (χ4n) is 1.78. The van der Waals surface area contributed by atoms with E-state index in [9.17, 15) is 4.79 Å². The van der Waals surface area contributed by atoms with Gasteiger partial charge in [0.2, 0.25) is 0 Å². The fourth-order valence-corrected chi connectivity index (χ4v) is 2.30.